The summed E-state index contributed by atoms with van der Waals surface area (Å²) in [6, 6.07) is 1.94. The standard InChI is InChI=1S/C11H13N3OS/c1-6-4-8(12)16-10(6)11-13-9(14-15-11)5-7-2-3-7/h4,7H,2-3,5,12H2,1H3. The third-order valence-corrected chi connectivity index (χ3v) is 3.82. The lowest BCUT2D eigenvalue weighted by Gasteiger charge is -1.89. The summed E-state index contributed by atoms with van der Waals surface area (Å²) in [5, 5.41) is 4.79. The number of anilines is 1. The van der Waals surface area contributed by atoms with Crippen molar-refractivity contribution in [2.75, 3.05) is 5.73 Å². The highest BCUT2D eigenvalue weighted by Gasteiger charge is 2.24. The van der Waals surface area contributed by atoms with Crippen LogP contribution in [0.15, 0.2) is 10.6 Å². The van der Waals surface area contributed by atoms with Crippen LogP contribution in [0.25, 0.3) is 10.8 Å². The van der Waals surface area contributed by atoms with Crippen molar-refractivity contribution in [3.8, 4) is 10.8 Å². The van der Waals surface area contributed by atoms with Crippen molar-refractivity contribution in [3.05, 3.63) is 17.5 Å². The van der Waals surface area contributed by atoms with Gasteiger partial charge in [-0.3, -0.25) is 0 Å². The zero-order valence-electron chi connectivity index (χ0n) is 9.06. The minimum absolute atomic E-state index is 0.606. The van der Waals surface area contributed by atoms with Gasteiger partial charge in [-0.25, -0.2) is 0 Å². The molecule has 1 aliphatic rings. The molecule has 0 amide bonds. The molecule has 2 aromatic heterocycles. The quantitative estimate of drug-likeness (QED) is 0.888. The lowest BCUT2D eigenvalue weighted by molar-refractivity contribution is 0.421. The minimum Gasteiger partial charge on any atom is -0.391 e. The summed E-state index contributed by atoms with van der Waals surface area (Å²) in [6.45, 7) is 2.01. The van der Waals surface area contributed by atoms with Crippen molar-refractivity contribution in [1.29, 1.82) is 0 Å². The molecule has 2 N–H and O–H groups in total. The van der Waals surface area contributed by atoms with E-state index in [1.165, 1.54) is 24.2 Å². The van der Waals surface area contributed by atoms with Gasteiger partial charge in [-0.2, -0.15) is 4.98 Å². The van der Waals surface area contributed by atoms with Gasteiger partial charge in [0.05, 0.1) is 9.88 Å². The Kier molecular flexibility index (Phi) is 2.21. The van der Waals surface area contributed by atoms with E-state index in [2.05, 4.69) is 10.1 Å². The molecule has 0 unspecified atom stereocenters. The molecule has 0 bridgehead atoms. The van der Waals surface area contributed by atoms with Gasteiger partial charge in [-0.05, 0) is 37.3 Å². The van der Waals surface area contributed by atoms with Crippen molar-refractivity contribution in [2.24, 2.45) is 5.92 Å². The van der Waals surface area contributed by atoms with E-state index in [0.29, 0.717) is 5.89 Å². The van der Waals surface area contributed by atoms with E-state index in [1.807, 2.05) is 13.0 Å². The Bertz CT molecular complexity index is 513. The Labute approximate surface area is 97.5 Å². The van der Waals surface area contributed by atoms with Gasteiger partial charge in [0.25, 0.3) is 5.89 Å². The van der Waals surface area contributed by atoms with Gasteiger partial charge in [-0.15, -0.1) is 11.3 Å². The molecule has 0 saturated heterocycles. The Hall–Kier alpha value is -1.36. The fraction of sp³-hybridized carbons (Fsp3) is 0.455. The summed E-state index contributed by atoms with van der Waals surface area (Å²) >= 11 is 1.50. The maximum atomic E-state index is 5.74. The predicted octanol–water partition coefficient (Wildman–Crippen LogP) is 2.64. The molecule has 0 spiro atoms. The second kappa shape index (κ2) is 3.59. The fourth-order valence-corrected chi connectivity index (χ4v) is 2.59. The van der Waals surface area contributed by atoms with Crippen molar-refractivity contribution < 1.29 is 4.52 Å². The van der Waals surface area contributed by atoms with Crippen molar-refractivity contribution in [3.63, 3.8) is 0 Å². The van der Waals surface area contributed by atoms with Gasteiger partial charge in [0.15, 0.2) is 5.82 Å². The molecular weight excluding hydrogens is 222 g/mol. The number of hydrogen-bond acceptors (Lipinski definition) is 5. The second-order valence-electron chi connectivity index (χ2n) is 4.32. The smallest absolute Gasteiger partial charge is 0.268 e. The summed E-state index contributed by atoms with van der Waals surface area (Å²) in [6.07, 6.45) is 3.55. The SMILES string of the molecule is Cc1cc(N)sc1-c1nc(CC2CC2)no1. The van der Waals surface area contributed by atoms with Crippen LogP contribution in [0.2, 0.25) is 0 Å². The lowest BCUT2D eigenvalue weighted by Crippen LogP contribution is -1.89. The Morgan fingerprint density at radius 3 is 3.00 bits per heavy atom. The zero-order chi connectivity index (χ0) is 11.1. The Balaban J connectivity index is 1.87. The van der Waals surface area contributed by atoms with Crippen LogP contribution in [0.3, 0.4) is 0 Å². The molecule has 0 aliphatic heterocycles. The third-order valence-electron chi connectivity index (χ3n) is 2.77. The van der Waals surface area contributed by atoms with E-state index in [9.17, 15) is 0 Å². The average molecular weight is 235 g/mol. The minimum atomic E-state index is 0.606. The first-order chi connectivity index (χ1) is 7.72. The number of aromatic nitrogens is 2. The molecule has 16 heavy (non-hydrogen) atoms. The number of nitrogens with zero attached hydrogens (tertiary/aromatic N) is 2. The number of rotatable bonds is 3. The highest BCUT2D eigenvalue weighted by atomic mass is 32.1. The molecule has 0 atom stereocenters. The normalized spacial score (nSPS) is 15.6. The summed E-state index contributed by atoms with van der Waals surface area (Å²) in [4.78, 5) is 5.40. The van der Waals surface area contributed by atoms with Crippen LogP contribution >= 0.6 is 11.3 Å². The third kappa shape index (κ3) is 1.82. The van der Waals surface area contributed by atoms with Crippen LogP contribution in [0.4, 0.5) is 5.00 Å². The highest BCUT2D eigenvalue weighted by Crippen LogP contribution is 2.35. The highest BCUT2D eigenvalue weighted by molar-refractivity contribution is 7.19. The summed E-state index contributed by atoms with van der Waals surface area (Å²) in [5.74, 6) is 2.21. The van der Waals surface area contributed by atoms with E-state index >= 15 is 0 Å². The summed E-state index contributed by atoms with van der Waals surface area (Å²) in [5.41, 5.74) is 6.84. The Morgan fingerprint density at radius 2 is 2.38 bits per heavy atom. The molecule has 2 heterocycles. The number of aryl methyl sites for hydroxylation is 1. The monoisotopic (exact) mass is 235 g/mol. The van der Waals surface area contributed by atoms with Gasteiger partial charge in [0, 0.05) is 6.42 Å². The van der Waals surface area contributed by atoms with Crippen LogP contribution in [-0.2, 0) is 6.42 Å². The number of thiophene rings is 1. The van der Waals surface area contributed by atoms with Crippen LogP contribution in [-0.4, -0.2) is 10.1 Å². The first-order valence-corrected chi connectivity index (χ1v) is 6.23. The maximum absolute atomic E-state index is 5.74. The first-order valence-electron chi connectivity index (χ1n) is 5.41. The first kappa shape index (κ1) is 9.84. The molecular formula is C11H13N3OS. The van der Waals surface area contributed by atoms with Gasteiger partial charge in [0.2, 0.25) is 0 Å². The zero-order valence-corrected chi connectivity index (χ0v) is 9.88. The lowest BCUT2D eigenvalue weighted by atomic mass is 10.3. The van der Waals surface area contributed by atoms with Crippen LogP contribution in [0, 0.1) is 12.8 Å². The van der Waals surface area contributed by atoms with E-state index in [0.717, 1.165) is 33.6 Å². The van der Waals surface area contributed by atoms with Crippen LogP contribution in [0.5, 0.6) is 0 Å². The average Bonchev–Trinajstić information content (AvgIpc) is 2.80. The molecule has 4 nitrogen and oxygen atoms in total. The van der Waals surface area contributed by atoms with Gasteiger partial charge in [0.1, 0.15) is 0 Å². The molecule has 1 aliphatic carbocycles. The van der Waals surface area contributed by atoms with Gasteiger partial charge >= 0.3 is 0 Å². The molecule has 3 rings (SSSR count). The molecule has 0 radical (unpaired) electrons. The predicted molar refractivity (Wildman–Crippen MR) is 63.2 cm³/mol. The molecule has 5 heteroatoms. The number of nitrogen functional groups attached to an aromatic ring is 1. The van der Waals surface area contributed by atoms with Gasteiger partial charge in [-0.1, -0.05) is 5.16 Å². The Morgan fingerprint density at radius 1 is 1.56 bits per heavy atom. The van der Waals surface area contributed by atoms with Crippen molar-refractivity contribution >= 4 is 16.3 Å². The van der Waals surface area contributed by atoms with E-state index < -0.39 is 0 Å². The second-order valence-corrected chi connectivity index (χ2v) is 5.41. The molecule has 1 fully saturated rings. The summed E-state index contributed by atoms with van der Waals surface area (Å²) < 4.78 is 5.27. The van der Waals surface area contributed by atoms with Crippen LogP contribution in [0.1, 0.15) is 24.2 Å². The summed E-state index contributed by atoms with van der Waals surface area (Å²) in [7, 11) is 0. The van der Waals surface area contributed by atoms with Gasteiger partial charge < -0.3 is 10.3 Å². The molecule has 2 aromatic rings. The van der Waals surface area contributed by atoms with E-state index in [-0.39, 0.29) is 0 Å². The molecule has 0 aromatic carbocycles. The maximum Gasteiger partial charge on any atom is 0.268 e. The van der Waals surface area contributed by atoms with E-state index in [1.54, 1.807) is 0 Å². The molecule has 1 saturated carbocycles. The van der Waals surface area contributed by atoms with Crippen molar-refractivity contribution in [2.45, 2.75) is 26.2 Å². The largest absolute Gasteiger partial charge is 0.391 e. The van der Waals surface area contributed by atoms with Crippen molar-refractivity contribution in [1.82, 2.24) is 10.1 Å². The number of nitrogens with two attached hydrogens (primary N) is 1. The van der Waals surface area contributed by atoms with Crippen LogP contribution < -0.4 is 5.73 Å². The number of hydrogen-bond donors (Lipinski definition) is 1. The molecule has 84 valence electrons. The fourth-order valence-electron chi connectivity index (χ4n) is 1.73. The topological polar surface area (TPSA) is 64.9 Å². The van der Waals surface area contributed by atoms with E-state index in [4.69, 9.17) is 10.3 Å².